The molecule has 1 atom stereocenters. The maximum absolute atomic E-state index is 6.20. The quantitative estimate of drug-likeness (QED) is 0.869. The SMILES string of the molecule is COc1ccc(CC(N)c2cccnc2N)cc1OC. The van der Waals surface area contributed by atoms with Gasteiger partial charge in [0, 0.05) is 17.8 Å². The van der Waals surface area contributed by atoms with Crippen LogP contribution in [0.15, 0.2) is 36.5 Å². The molecule has 0 radical (unpaired) electrons. The van der Waals surface area contributed by atoms with Crippen molar-refractivity contribution in [2.24, 2.45) is 5.73 Å². The van der Waals surface area contributed by atoms with E-state index in [0.717, 1.165) is 11.1 Å². The van der Waals surface area contributed by atoms with Crippen LogP contribution in [0, 0.1) is 0 Å². The zero-order valence-electron chi connectivity index (χ0n) is 11.7. The lowest BCUT2D eigenvalue weighted by Gasteiger charge is -2.15. The molecule has 0 saturated heterocycles. The van der Waals surface area contributed by atoms with Crippen LogP contribution in [0.25, 0.3) is 0 Å². The molecule has 5 nitrogen and oxygen atoms in total. The van der Waals surface area contributed by atoms with Crippen molar-refractivity contribution in [3.8, 4) is 11.5 Å². The number of ether oxygens (including phenoxy) is 2. The Kier molecular flexibility index (Phi) is 4.42. The van der Waals surface area contributed by atoms with Gasteiger partial charge in [0.15, 0.2) is 11.5 Å². The van der Waals surface area contributed by atoms with E-state index in [9.17, 15) is 0 Å². The van der Waals surface area contributed by atoms with E-state index in [-0.39, 0.29) is 6.04 Å². The van der Waals surface area contributed by atoms with E-state index >= 15 is 0 Å². The number of nitrogens with zero attached hydrogens (tertiary/aromatic N) is 1. The van der Waals surface area contributed by atoms with Gasteiger partial charge in [-0.15, -0.1) is 0 Å². The van der Waals surface area contributed by atoms with E-state index in [0.29, 0.717) is 23.7 Å². The summed E-state index contributed by atoms with van der Waals surface area (Å²) in [6.45, 7) is 0. The number of nitrogens with two attached hydrogens (primary N) is 2. The fourth-order valence-corrected chi connectivity index (χ4v) is 2.11. The highest BCUT2D eigenvalue weighted by Gasteiger charge is 2.12. The highest BCUT2D eigenvalue weighted by Crippen LogP contribution is 2.29. The van der Waals surface area contributed by atoms with Crippen LogP contribution in [-0.4, -0.2) is 19.2 Å². The summed E-state index contributed by atoms with van der Waals surface area (Å²) in [5.74, 6) is 1.86. The van der Waals surface area contributed by atoms with Crippen molar-refractivity contribution in [2.45, 2.75) is 12.5 Å². The van der Waals surface area contributed by atoms with Crippen LogP contribution in [0.3, 0.4) is 0 Å². The van der Waals surface area contributed by atoms with E-state index in [1.165, 1.54) is 0 Å². The summed E-state index contributed by atoms with van der Waals surface area (Å²) in [6, 6.07) is 9.28. The number of nitrogen functional groups attached to an aromatic ring is 1. The third-order valence-corrected chi connectivity index (χ3v) is 3.17. The summed E-state index contributed by atoms with van der Waals surface area (Å²) in [5.41, 5.74) is 13.9. The zero-order chi connectivity index (χ0) is 14.5. The lowest BCUT2D eigenvalue weighted by molar-refractivity contribution is 0.354. The topological polar surface area (TPSA) is 83.4 Å². The second-order valence-corrected chi connectivity index (χ2v) is 4.48. The normalized spacial score (nSPS) is 11.9. The van der Waals surface area contributed by atoms with Crippen molar-refractivity contribution in [3.05, 3.63) is 47.7 Å². The average Bonchev–Trinajstić information content (AvgIpc) is 2.47. The van der Waals surface area contributed by atoms with Gasteiger partial charge in [-0.1, -0.05) is 12.1 Å². The van der Waals surface area contributed by atoms with Crippen LogP contribution in [0.5, 0.6) is 11.5 Å². The lowest BCUT2D eigenvalue weighted by Crippen LogP contribution is -2.15. The first-order valence-corrected chi connectivity index (χ1v) is 6.32. The van der Waals surface area contributed by atoms with Crippen LogP contribution < -0.4 is 20.9 Å². The number of anilines is 1. The Balaban J connectivity index is 2.20. The monoisotopic (exact) mass is 273 g/mol. The van der Waals surface area contributed by atoms with E-state index in [1.807, 2.05) is 30.3 Å². The summed E-state index contributed by atoms with van der Waals surface area (Å²) in [5, 5.41) is 0. The molecule has 0 aliphatic carbocycles. The van der Waals surface area contributed by atoms with Crippen LogP contribution >= 0.6 is 0 Å². The molecule has 0 bridgehead atoms. The van der Waals surface area contributed by atoms with Crippen molar-refractivity contribution >= 4 is 5.82 Å². The second kappa shape index (κ2) is 6.25. The predicted octanol–water partition coefficient (Wildman–Crippen LogP) is 1.92. The predicted molar refractivity (Wildman–Crippen MR) is 78.8 cm³/mol. The molecule has 1 aromatic heterocycles. The lowest BCUT2D eigenvalue weighted by atomic mass is 10.00. The van der Waals surface area contributed by atoms with Crippen LogP contribution in [0.4, 0.5) is 5.82 Å². The fraction of sp³-hybridized carbons (Fsp3) is 0.267. The standard InChI is InChI=1S/C15H19N3O2/c1-19-13-6-5-10(9-14(13)20-2)8-12(16)11-4-3-7-18-15(11)17/h3-7,9,12H,8,16H2,1-2H3,(H2,17,18). The first kappa shape index (κ1) is 14.1. The Morgan fingerprint density at radius 3 is 2.55 bits per heavy atom. The van der Waals surface area contributed by atoms with Gasteiger partial charge in [0.05, 0.1) is 14.2 Å². The van der Waals surface area contributed by atoms with Gasteiger partial charge in [0.1, 0.15) is 5.82 Å². The molecule has 2 aromatic rings. The minimum Gasteiger partial charge on any atom is -0.493 e. The van der Waals surface area contributed by atoms with E-state index in [4.69, 9.17) is 20.9 Å². The molecule has 20 heavy (non-hydrogen) atoms. The Bertz CT molecular complexity index is 587. The zero-order valence-corrected chi connectivity index (χ0v) is 11.7. The van der Waals surface area contributed by atoms with Crippen molar-refractivity contribution in [1.29, 1.82) is 0 Å². The molecular weight excluding hydrogens is 254 g/mol. The Morgan fingerprint density at radius 1 is 1.15 bits per heavy atom. The summed E-state index contributed by atoms with van der Waals surface area (Å²) in [7, 11) is 3.22. The minimum atomic E-state index is -0.207. The third kappa shape index (κ3) is 3.00. The van der Waals surface area contributed by atoms with E-state index in [1.54, 1.807) is 20.4 Å². The second-order valence-electron chi connectivity index (χ2n) is 4.48. The summed E-state index contributed by atoms with van der Waals surface area (Å²) >= 11 is 0. The summed E-state index contributed by atoms with van der Waals surface area (Å²) < 4.78 is 10.5. The molecule has 0 fully saturated rings. The molecule has 0 amide bonds. The smallest absolute Gasteiger partial charge is 0.160 e. The van der Waals surface area contributed by atoms with Gasteiger partial charge in [0.25, 0.3) is 0 Å². The van der Waals surface area contributed by atoms with Crippen molar-refractivity contribution in [3.63, 3.8) is 0 Å². The number of rotatable bonds is 5. The first-order chi connectivity index (χ1) is 9.65. The van der Waals surface area contributed by atoms with Crippen molar-refractivity contribution < 1.29 is 9.47 Å². The van der Waals surface area contributed by atoms with Gasteiger partial charge in [0.2, 0.25) is 0 Å². The Labute approximate surface area is 118 Å². The highest BCUT2D eigenvalue weighted by atomic mass is 16.5. The number of pyridine rings is 1. The average molecular weight is 273 g/mol. The van der Waals surface area contributed by atoms with Gasteiger partial charge in [-0.3, -0.25) is 0 Å². The van der Waals surface area contributed by atoms with Gasteiger partial charge < -0.3 is 20.9 Å². The maximum Gasteiger partial charge on any atom is 0.160 e. The molecule has 106 valence electrons. The summed E-state index contributed by atoms with van der Waals surface area (Å²) in [6.07, 6.45) is 2.30. The first-order valence-electron chi connectivity index (χ1n) is 6.32. The number of aromatic nitrogens is 1. The van der Waals surface area contributed by atoms with Crippen molar-refractivity contribution in [1.82, 2.24) is 4.98 Å². The van der Waals surface area contributed by atoms with Gasteiger partial charge in [-0.05, 0) is 30.2 Å². The number of methoxy groups -OCH3 is 2. The van der Waals surface area contributed by atoms with Gasteiger partial charge >= 0.3 is 0 Å². The number of hydrogen-bond donors (Lipinski definition) is 2. The molecule has 1 heterocycles. The molecule has 0 aliphatic heterocycles. The van der Waals surface area contributed by atoms with Crippen LogP contribution in [-0.2, 0) is 6.42 Å². The molecule has 0 saturated carbocycles. The van der Waals surface area contributed by atoms with Crippen molar-refractivity contribution in [2.75, 3.05) is 20.0 Å². The minimum absolute atomic E-state index is 0.207. The maximum atomic E-state index is 6.20. The molecule has 1 unspecified atom stereocenters. The van der Waals surface area contributed by atoms with E-state index < -0.39 is 0 Å². The fourth-order valence-electron chi connectivity index (χ4n) is 2.11. The van der Waals surface area contributed by atoms with Gasteiger partial charge in [-0.25, -0.2) is 4.98 Å². The van der Waals surface area contributed by atoms with Crippen LogP contribution in [0.2, 0.25) is 0 Å². The number of hydrogen-bond acceptors (Lipinski definition) is 5. The molecule has 1 aromatic carbocycles. The number of benzene rings is 1. The van der Waals surface area contributed by atoms with E-state index in [2.05, 4.69) is 4.98 Å². The molecule has 0 aliphatic rings. The molecule has 2 rings (SSSR count). The Morgan fingerprint density at radius 2 is 1.90 bits per heavy atom. The molecule has 4 N–H and O–H groups in total. The molecule has 0 spiro atoms. The third-order valence-electron chi connectivity index (χ3n) is 3.17. The highest BCUT2D eigenvalue weighted by molar-refractivity contribution is 5.45. The largest absolute Gasteiger partial charge is 0.493 e. The summed E-state index contributed by atoms with van der Waals surface area (Å²) in [4.78, 5) is 4.06. The Hall–Kier alpha value is -2.27. The van der Waals surface area contributed by atoms with Crippen LogP contribution in [0.1, 0.15) is 17.2 Å². The molecule has 5 heteroatoms. The van der Waals surface area contributed by atoms with Gasteiger partial charge in [-0.2, -0.15) is 0 Å². The molecular formula is C15H19N3O2.